The Bertz CT molecular complexity index is 2660. The number of para-hydroxylation sites is 3. The van der Waals surface area contributed by atoms with Crippen LogP contribution >= 0.6 is 0 Å². The number of fused-ring (bicyclic) bond motifs is 3. The minimum atomic E-state index is -1.46. The van der Waals surface area contributed by atoms with Gasteiger partial charge in [0.2, 0.25) is 0 Å². The predicted molar refractivity (Wildman–Crippen MR) is 237 cm³/mol. The molecule has 0 spiro atoms. The highest BCUT2D eigenvalue weighted by atomic mass is 28.3. The van der Waals surface area contributed by atoms with E-state index in [0.29, 0.717) is 0 Å². The normalized spacial score (nSPS) is 11.5. The first-order valence-corrected chi connectivity index (χ1v) is 22.4. The van der Waals surface area contributed by atoms with Crippen molar-refractivity contribution in [2.45, 2.75) is 19.6 Å². The zero-order valence-corrected chi connectivity index (χ0v) is 32.4. The number of anilines is 6. The second-order valence-corrected chi connectivity index (χ2v) is 20.1. The summed E-state index contributed by atoms with van der Waals surface area (Å²) in [6.07, 6.45) is 0. The summed E-state index contributed by atoms with van der Waals surface area (Å²) in [5.41, 5.74) is 13.2. The van der Waals surface area contributed by atoms with Crippen LogP contribution in [0.2, 0.25) is 19.6 Å². The molecule has 0 radical (unpaired) electrons. The quantitative estimate of drug-likeness (QED) is 0.138. The topological polar surface area (TPSA) is 19.6 Å². The molecular formula is C51H42N2OSi. The van der Waals surface area contributed by atoms with Crippen LogP contribution in [0.5, 0.6) is 0 Å². The molecule has 0 aliphatic heterocycles. The fourth-order valence-corrected chi connectivity index (χ4v) is 8.71. The molecule has 0 saturated carbocycles. The van der Waals surface area contributed by atoms with Crippen molar-refractivity contribution in [3.8, 4) is 22.3 Å². The first kappa shape index (κ1) is 34.2. The maximum atomic E-state index is 6.33. The summed E-state index contributed by atoms with van der Waals surface area (Å²) in [6.45, 7) is 7.18. The van der Waals surface area contributed by atoms with Crippen molar-refractivity contribution in [1.82, 2.24) is 0 Å². The summed E-state index contributed by atoms with van der Waals surface area (Å²) in [7, 11) is -1.46. The molecule has 1 aromatic heterocycles. The Kier molecular flexibility index (Phi) is 8.89. The number of hydrogen-bond donors (Lipinski definition) is 0. The lowest BCUT2D eigenvalue weighted by molar-refractivity contribution is 0.669. The maximum absolute atomic E-state index is 6.33. The highest BCUT2D eigenvalue weighted by molar-refractivity contribution is 6.88. The Balaban J connectivity index is 1.02. The third kappa shape index (κ3) is 6.73. The van der Waals surface area contributed by atoms with Crippen LogP contribution in [-0.2, 0) is 0 Å². The average Bonchev–Trinajstić information content (AvgIpc) is 3.62. The second-order valence-electron chi connectivity index (χ2n) is 15.1. The molecule has 0 unspecified atom stereocenters. The van der Waals surface area contributed by atoms with Crippen molar-refractivity contribution < 1.29 is 4.42 Å². The van der Waals surface area contributed by atoms with E-state index < -0.39 is 8.07 Å². The van der Waals surface area contributed by atoms with E-state index in [-0.39, 0.29) is 0 Å². The van der Waals surface area contributed by atoms with Gasteiger partial charge >= 0.3 is 0 Å². The van der Waals surface area contributed by atoms with E-state index in [1.54, 1.807) is 0 Å². The molecule has 8 aromatic carbocycles. The van der Waals surface area contributed by atoms with Crippen LogP contribution in [0.15, 0.2) is 205 Å². The van der Waals surface area contributed by atoms with Crippen molar-refractivity contribution in [2.24, 2.45) is 0 Å². The zero-order chi connectivity index (χ0) is 37.4. The molecule has 0 amide bonds. The molecule has 3 nitrogen and oxygen atoms in total. The van der Waals surface area contributed by atoms with Gasteiger partial charge in [-0.15, -0.1) is 0 Å². The van der Waals surface area contributed by atoms with Gasteiger partial charge < -0.3 is 14.2 Å². The highest BCUT2D eigenvalue weighted by Gasteiger charge is 2.21. The number of hydrogen-bond acceptors (Lipinski definition) is 3. The highest BCUT2D eigenvalue weighted by Crippen LogP contribution is 2.43. The van der Waals surface area contributed by atoms with Gasteiger partial charge in [0.25, 0.3) is 0 Å². The SMILES string of the molecule is C[Si](C)(C)c1ccc(N(c2ccc(-c3ccc(-c4ccc(N(c5ccccc5)c5ccccc5)cc4)cc3)cc2)c2cccc3oc4ccccc4c23)cc1. The molecule has 0 atom stereocenters. The van der Waals surface area contributed by atoms with Crippen LogP contribution < -0.4 is 15.0 Å². The lowest BCUT2D eigenvalue weighted by Crippen LogP contribution is -2.37. The molecule has 0 fully saturated rings. The van der Waals surface area contributed by atoms with Gasteiger partial charge in [-0.3, -0.25) is 0 Å². The van der Waals surface area contributed by atoms with Crippen LogP contribution in [-0.4, -0.2) is 8.07 Å². The van der Waals surface area contributed by atoms with Gasteiger partial charge in [0, 0.05) is 33.8 Å². The summed E-state index contributed by atoms with van der Waals surface area (Å²) in [4.78, 5) is 4.66. The maximum Gasteiger partial charge on any atom is 0.137 e. The van der Waals surface area contributed by atoms with Crippen molar-refractivity contribution in [3.63, 3.8) is 0 Å². The monoisotopic (exact) mass is 726 g/mol. The number of furan rings is 1. The fourth-order valence-electron chi connectivity index (χ4n) is 7.54. The van der Waals surface area contributed by atoms with Gasteiger partial charge in [0.1, 0.15) is 11.2 Å². The number of rotatable bonds is 9. The van der Waals surface area contributed by atoms with Gasteiger partial charge in [-0.05, 0) is 101 Å². The van der Waals surface area contributed by atoms with E-state index in [1.807, 2.05) is 12.1 Å². The lowest BCUT2D eigenvalue weighted by Gasteiger charge is -2.27. The molecule has 266 valence electrons. The van der Waals surface area contributed by atoms with Crippen molar-refractivity contribution in [2.75, 3.05) is 9.80 Å². The minimum Gasteiger partial charge on any atom is -0.456 e. The standard InChI is InChI=1S/C51H42N2OSi/c1-55(2,3)46-35-33-45(34-36-46)53(48-18-12-20-50-51(48)47-17-10-11-19-49(47)54-50)44-31-27-40(28-32-44)38-23-21-37(22-24-38)39-25-29-43(30-26-39)52(41-13-6-4-7-14-41)42-15-8-5-9-16-42/h4-36H,1-3H3. The third-order valence-corrected chi connectivity index (χ3v) is 12.5. The molecule has 55 heavy (non-hydrogen) atoms. The van der Waals surface area contributed by atoms with E-state index in [9.17, 15) is 0 Å². The molecule has 1 heterocycles. The van der Waals surface area contributed by atoms with Crippen LogP contribution in [0.25, 0.3) is 44.2 Å². The van der Waals surface area contributed by atoms with Crippen LogP contribution in [0.4, 0.5) is 34.1 Å². The smallest absolute Gasteiger partial charge is 0.137 e. The number of benzene rings is 8. The molecule has 9 rings (SSSR count). The van der Waals surface area contributed by atoms with Gasteiger partial charge in [-0.1, -0.05) is 146 Å². The van der Waals surface area contributed by atoms with Crippen LogP contribution in [0.1, 0.15) is 0 Å². The van der Waals surface area contributed by atoms with Crippen molar-refractivity contribution in [3.05, 3.63) is 200 Å². The molecule has 0 saturated heterocycles. The van der Waals surface area contributed by atoms with Crippen molar-refractivity contribution >= 4 is 69.3 Å². The molecule has 0 aliphatic rings. The third-order valence-electron chi connectivity index (χ3n) is 10.4. The van der Waals surface area contributed by atoms with Crippen molar-refractivity contribution in [1.29, 1.82) is 0 Å². The Morgan fingerprint density at radius 1 is 0.345 bits per heavy atom. The molecular weight excluding hydrogens is 685 g/mol. The first-order valence-electron chi connectivity index (χ1n) is 18.9. The number of nitrogens with zero attached hydrogens (tertiary/aromatic N) is 2. The van der Waals surface area contributed by atoms with Gasteiger partial charge in [-0.25, -0.2) is 0 Å². The van der Waals surface area contributed by atoms with Gasteiger partial charge in [0.05, 0.1) is 19.1 Å². The summed E-state index contributed by atoms with van der Waals surface area (Å²) < 4.78 is 6.33. The Morgan fingerprint density at radius 2 is 0.745 bits per heavy atom. The van der Waals surface area contributed by atoms with E-state index in [0.717, 1.165) is 56.1 Å². The van der Waals surface area contributed by atoms with Crippen LogP contribution in [0.3, 0.4) is 0 Å². The molecule has 0 bridgehead atoms. The van der Waals surface area contributed by atoms with E-state index in [1.165, 1.54) is 27.4 Å². The molecule has 9 aromatic rings. The summed E-state index contributed by atoms with van der Waals surface area (Å²) in [6, 6.07) is 71.6. The largest absolute Gasteiger partial charge is 0.456 e. The Morgan fingerprint density at radius 3 is 1.25 bits per heavy atom. The summed E-state index contributed by atoms with van der Waals surface area (Å²) in [5.74, 6) is 0. The molecule has 4 heteroatoms. The van der Waals surface area contributed by atoms with E-state index >= 15 is 0 Å². The van der Waals surface area contributed by atoms with Gasteiger partial charge in [0.15, 0.2) is 0 Å². The summed E-state index contributed by atoms with van der Waals surface area (Å²) >= 11 is 0. The Labute approximate surface area is 324 Å². The lowest BCUT2D eigenvalue weighted by atomic mass is 9.99. The summed E-state index contributed by atoms with van der Waals surface area (Å²) in [5, 5.41) is 3.68. The fraction of sp³-hybridized carbons (Fsp3) is 0.0588. The van der Waals surface area contributed by atoms with E-state index in [2.05, 4.69) is 217 Å². The predicted octanol–water partition coefficient (Wildman–Crippen LogP) is 14.4. The minimum absolute atomic E-state index is 0.887. The van der Waals surface area contributed by atoms with Gasteiger partial charge in [-0.2, -0.15) is 0 Å². The first-order chi connectivity index (χ1) is 26.9. The molecule has 0 aliphatic carbocycles. The Hall–Kier alpha value is -6.62. The van der Waals surface area contributed by atoms with Crippen LogP contribution in [0, 0.1) is 0 Å². The zero-order valence-electron chi connectivity index (χ0n) is 31.4. The second kappa shape index (κ2) is 14.3. The average molecular weight is 727 g/mol. The van der Waals surface area contributed by atoms with E-state index in [4.69, 9.17) is 4.42 Å². The molecule has 0 N–H and O–H groups in total.